The maximum atomic E-state index is 12.4. The highest BCUT2D eigenvalue weighted by molar-refractivity contribution is 5.42. The lowest BCUT2D eigenvalue weighted by atomic mass is 10.1. The molecule has 0 fully saturated rings. The van der Waals surface area contributed by atoms with Crippen LogP contribution in [0.3, 0.4) is 0 Å². The number of unbranched alkanes of at least 4 members (excludes halogenated alkanes) is 3. The number of azo groups is 2. The van der Waals surface area contributed by atoms with Crippen molar-refractivity contribution in [2.24, 2.45) is 10.2 Å². The van der Waals surface area contributed by atoms with Crippen LogP contribution >= 0.6 is 0 Å². The molecule has 4 aromatic rings. The first-order valence-electron chi connectivity index (χ1n) is 15.6. The number of aryl methyl sites for hydroxylation is 2. The summed E-state index contributed by atoms with van der Waals surface area (Å²) in [6.45, 7) is 5.43. The molecule has 0 aliphatic carbocycles. The fraction of sp³-hybridized carbons (Fsp3) is 0.333. The molecule has 44 heavy (non-hydrogen) atoms. The molecule has 0 bridgehead atoms. The monoisotopic (exact) mass is 594 g/mol. The lowest BCUT2D eigenvalue weighted by Gasteiger charge is -2.08. The van der Waals surface area contributed by atoms with Crippen LogP contribution in [-0.4, -0.2) is 22.9 Å². The van der Waals surface area contributed by atoms with Gasteiger partial charge in [-0.1, -0.05) is 60.7 Å². The Morgan fingerprint density at radius 3 is 1.20 bits per heavy atom. The Morgan fingerprint density at radius 2 is 0.864 bits per heavy atom. The summed E-state index contributed by atoms with van der Waals surface area (Å²) >= 11 is 0. The quantitative estimate of drug-likeness (QED) is 0.0526. The van der Waals surface area contributed by atoms with Crippen molar-refractivity contribution >= 4 is 22.7 Å². The van der Waals surface area contributed by atoms with E-state index in [0.29, 0.717) is 45.7 Å². The van der Waals surface area contributed by atoms with Crippen molar-refractivity contribution in [3.05, 3.63) is 119 Å². The lowest BCUT2D eigenvalue weighted by molar-refractivity contribution is -0.435. The van der Waals surface area contributed by atoms with Gasteiger partial charge >= 0.3 is 0 Å². The van der Waals surface area contributed by atoms with Gasteiger partial charge in [0.25, 0.3) is 0 Å². The van der Waals surface area contributed by atoms with Gasteiger partial charge in [0, 0.05) is 34.5 Å². The average molecular weight is 595 g/mol. The molecule has 8 heteroatoms. The normalized spacial score (nSPS) is 11.9. The predicted molar refractivity (Wildman–Crippen MR) is 174 cm³/mol. The first-order chi connectivity index (χ1) is 21.5. The van der Waals surface area contributed by atoms with E-state index < -0.39 is 0 Å². The molecule has 0 aliphatic rings. The van der Waals surface area contributed by atoms with E-state index in [4.69, 9.17) is 9.47 Å². The smallest absolute Gasteiger partial charge is 0.244 e. The third kappa shape index (κ3) is 10.5. The van der Waals surface area contributed by atoms with Crippen LogP contribution < -0.4 is 9.47 Å². The molecule has 0 atom stereocenters. The molecular formula is C36H42N4O4. The highest BCUT2D eigenvalue weighted by Gasteiger charge is 2.07. The zero-order chi connectivity index (χ0) is 31.0. The summed E-state index contributed by atoms with van der Waals surface area (Å²) in [6.07, 6.45) is 8.25. The van der Waals surface area contributed by atoms with Gasteiger partial charge in [0.2, 0.25) is 11.4 Å². The van der Waals surface area contributed by atoms with Crippen molar-refractivity contribution in [1.29, 1.82) is 0 Å². The highest BCUT2D eigenvalue weighted by Crippen LogP contribution is 2.23. The Hall–Kier alpha value is -4.72. The van der Waals surface area contributed by atoms with Gasteiger partial charge in [-0.15, -0.1) is 0 Å². The van der Waals surface area contributed by atoms with Crippen LogP contribution in [0.1, 0.15) is 63.5 Å². The summed E-state index contributed by atoms with van der Waals surface area (Å²) in [5, 5.41) is 33.1. The van der Waals surface area contributed by atoms with Crippen LogP contribution in [0.5, 0.6) is 11.5 Å². The maximum Gasteiger partial charge on any atom is 0.244 e. The molecule has 230 valence electrons. The average Bonchev–Trinajstić information content (AvgIpc) is 3.06. The van der Waals surface area contributed by atoms with Gasteiger partial charge < -0.3 is 19.9 Å². The minimum atomic E-state index is 0.506. The van der Waals surface area contributed by atoms with Gasteiger partial charge in [-0.2, -0.15) is 0 Å². The third-order valence-electron chi connectivity index (χ3n) is 7.11. The van der Waals surface area contributed by atoms with E-state index in [-0.39, 0.29) is 0 Å². The lowest BCUT2D eigenvalue weighted by Crippen LogP contribution is -2.02. The Labute approximate surface area is 260 Å². The molecule has 4 aromatic carbocycles. The predicted octanol–water partition coefficient (Wildman–Crippen LogP) is 10.5. The van der Waals surface area contributed by atoms with Crippen LogP contribution in [0.15, 0.2) is 107 Å². The first kappa shape index (κ1) is 32.2. The number of hydrogen-bond acceptors (Lipinski definition) is 6. The minimum absolute atomic E-state index is 0.506. The summed E-state index contributed by atoms with van der Waals surface area (Å²) in [4.78, 5) is 1.29. The molecule has 0 saturated heterocycles. The number of benzene rings is 4. The van der Waals surface area contributed by atoms with Gasteiger partial charge in [0.05, 0.1) is 13.2 Å². The van der Waals surface area contributed by atoms with E-state index in [1.165, 1.54) is 11.1 Å². The van der Waals surface area contributed by atoms with E-state index >= 15 is 0 Å². The van der Waals surface area contributed by atoms with Gasteiger partial charge in [-0.3, -0.25) is 0 Å². The second-order valence-corrected chi connectivity index (χ2v) is 10.7. The Bertz CT molecular complexity index is 1350. The largest absolute Gasteiger partial charge is 0.594 e. The second-order valence-electron chi connectivity index (χ2n) is 10.7. The molecule has 8 nitrogen and oxygen atoms in total. The van der Waals surface area contributed by atoms with E-state index in [1.54, 1.807) is 24.3 Å². The van der Waals surface area contributed by atoms with E-state index in [2.05, 4.69) is 24.1 Å². The molecule has 0 aliphatic heterocycles. The molecule has 0 spiro atoms. The summed E-state index contributed by atoms with van der Waals surface area (Å²) in [5.41, 5.74) is 4.60. The Balaban J connectivity index is 1.14. The number of ether oxygens (including phenoxy) is 2. The van der Waals surface area contributed by atoms with Crippen molar-refractivity contribution in [3.63, 3.8) is 0 Å². The van der Waals surface area contributed by atoms with Crippen LogP contribution in [0.2, 0.25) is 0 Å². The summed E-state index contributed by atoms with van der Waals surface area (Å²) in [6, 6.07) is 29.5. The fourth-order valence-electron chi connectivity index (χ4n) is 4.47. The van der Waals surface area contributed by atoms with Crippen molar-refractivity contribution in [2.45, 2.75) is 65.2 Å². The standard InChI is InChI=1S/C36H42N4O4/c1-3-5-9-29-11-19-33(20-12-29)39(41)37-31-15-23-35(24-16-31)43-27-7-8-28-44-36-25-17-32(18-26-36)38-40(42)34-21-13-30(14-22-34)10-6-4-2/h11-26H,3-10,27-28H2,1-2H3. The first-order valence-corrected chi connectivity index (χ1v) is 15.6. The zero-order valence-electron chi connectivity index (χ0n) is 25.7. The Morgan fingerprint density at radius 1 is 0.500 bits per heavy atom. The third-order valence-corrected chi connectivity index (χ3v) is 7.11. The molecule has 0 unspecified atom stereocenters. The number of nitrogens with zero attached hydrogens (tertiary/aromatic N) is 4. The van der Waals surface area contributed by atoms with Crippen LogP contribution in [0.25, 0.3) is 0 Å². The van der Waals surface area contributed by atoms with Crippen LogP contribution in [0, 0.1) is 10.4 Å². The molecular weight excluding hydrogens is 552 g/mol. The highest BCUT2D eigenvalue weighted by atomic mass is 16.5. The molecule has 0 radical (unpaired) electrons. The van der Waals surface area contributed by atoms with Crippen LogP contribution in [0.4, 0.5) is 22.7 Å². The Kier molecular flexibility index (Phi) is 12.7. The fourth-order valence-corrected chi connectivity index (χ4v) is 4.47. The summed E-state index contributed by atoms with van der Waals surface area (Å²) in [7, 11) is 0. The number of rotatable bonds is 17. The van der Waals surface area contributed by atoms with Gasteiger partial charge in [-0.25, -0.2) is 0 Å². The van der Waals surface area contributed by atoms with Gasteiger partial charge in [0.15, 0.2) is 0 Å². The maximum absolute atomic E-state index is 12.4. The van der Waals surface area contributed by atoms with E-state index in [9.17, 15) is 10.4 Å². The summed E-state index contributed by atoms with van der Waals surface area (Å²) in [5.74, 6) is 1.45. The second kappa shape index (κ2) is 17.4. The van der Waals surface area contributed by atoms with Gasteiger partial charge in [0.1, 0.15) is 22.9 Å². The SMILES string of the molecule is CCCCc1ccc([N+]([O-])=Nc2ccc(OCCCCOc3ccc(N=[N+]([O-])c4ccc(CCCC)cc4)cc3)cc2)cc1. The molecule has 0 saturated carbocycles. The summed E-state index contributed by atoms with van der Waals surface area (Å²) < 4.78 is 11.7. The molecule has 4 rings (SSSR count). The molecule has 0 heterocycles. The van der Waals surface area contributed by atoms with Crippen LogP contribution in [-0.2, 0) is 12.8 Å². The van der Waals surface area contributed by atoms with Crippen molar-refractivity contribution in [3.8, 4) is 11.5 Å². The van der Waals surface area contributed by atoms with E-state index in [0.717, 1.165) is 62.9 Å². The van der Waals surface area contributed by atoms with Crippen molar-refractivity contribution in [2.75, 3.05) is 13.2 Å². The van der Waals surface area contributed by atoms with Crippen molar-refractivity contribution in [1.82, 2.24) is 0 Å². The molecule has 0 amide bonds. The van der Waals surface area contributed by atoms with E-state index in [1.807, 2.05) is 72.8 Å². The minimum Gasteiger partial charge on any atom is -0.594 e. The zero-order valence-corrected chi connectivity index (χ0v) is 25.7. The van der Waals surface area contributed by atoms with Crippen molar-refractivity contribution < 1.29 is 19.2 Å². The molecule has 0 N–H and O–H groups in total. The number of hydrogen-bond donors (Lipinski definition) is 0. The van der Waals surface area contributed by atoms with Gasteiger partial charge in [-0.05, 0) is 98.2 Å². The topological polar surface area (TPSA) is 95.3 Å². The molecule has 0 aromatic heterocycles.